The highest BCUT2D eigenvalue weighted by Crippen LogP contribution is 2.07. The average molecular weight is 172 g/mol. The lowest BCUT2D eigenvalue weighted by atomic mass is 10.2. The summed E-state index contributed by atoms with van der Waals surface area (Å²) in [6, 6.07) is 0.330. The van der Waals surface area contributed by atoms with Gasteiger partial charge in [0, 0.05) is 25.7 Å². The molecule has 1 aliphatic rings. The maximum absolute atomic E-state index is 11.1. The number of nitrogens with zero attached hydrogens (tertiary/aromatic N) is 1. The molecule has 0 aromatic rings. The summed E-state index contributed by atoms with van der Waals surface area (Å²) in [5, 5.41) is 11.3. The summed E-state index contributed by atoms with van der Waals surface area (Å²) < 4.78 is 0. The number of aliphatic hydroxyl groups is 1. The quantitative estimate of drug-likeness (QED) is 0.594. The van der Waals surface area contributed by atoms with Gasteiger partial charge in [-0.1, -0.05) is 0 Å². The zero-order valence-corrected chi connectivity index (χ0v) is 7.42. The third kappa shape index (κ3) is 2.11. The highest BCUT2D eigenvalue weighted by molar-refractivity contribution is 5.76. The lowest BCUT2D eigenvalue weighted by Gasteiger charge is -2.18. The zero-order valence-electron chi connectivity index (χ0n) is 7.42. The molecule has 1 aliphatic heterocycles. The largest absolute Gasteiger partial charge is 0.396 e. The lowest BCUT2D eigenvalue weighted by molar-refractivity contribution is 0.202. The summed E-state index contributed by atoms with van der Waals surface area (Å²) in [6.07, 6.45) is 1.66. The SMILES string of the molecule is CC1CNC(=O)N1CCCCO. The number of hydrogen-bond donors (Lipinski definition) is 2. The molecule has 4 nitrogen and oxygen atoms in total. The molecule has 1 unspecified atom stereocenters. The second-order valence-corrected chi connectivity index (χ2v) is 3.16. The molecule has 0 saturated carbocycles. The van der Waals surface area contributed by atoms with Gasteiger partial charge in [-0.15, -0.1) is 0 Å². The van der Waals surface area contributed by atoms with Crippen molar-refractivity contribution in [2.24, 2.45) is 0 Å². The minimum absolute atomic E-state index is 0.0282. The van der Waals surface area contributed by atoms with E-state index in [2.05, 4.69) is 5.32 Å². The number of carbonyl (C=O) groups is 1. The van der Waals surface area contributed by atoms with E-state index >= 15 is 0 Å². The van der Waals surface area contributed by atoms with Gasteiger partial charge in [-0.05, 0) is 19.8 Å². The molecule has 0 bridgehead atoms. The Bertz CT molecular complexity index is 161. The van der Waals surface area contributed by atoms with Crippen molar-refractivity contribution in [3.63, 3.8) is 0 Å². The average Bonchev–Trinajstić information content (AvgIpc) is 2.35. The molecule has 70 valence electrons. The topological polar surface area (TPSA) is 52.6 Å². The van der Waals surface area contributed by atoms with E-state index in [0.29, 0.717) is 6.04 Å². The molecule has 2 N–H and O–H groups in total. The predicted octanol–water partition coefficient (Wildman–Crippen LogP) is 0.173. The van der Waals surface area contributed by atoms with Gasteiger partial charge in [0.2, 0.25) is 0 Å². The number of amides is 2. The van der Waals surface area contributed by atoms with E-state index in [9.17, 15) is 4.79 Å². The molecule has 0 aliphatic carbocycles. The van der Waals surface area contributed by atoms with Crippen LogP contribution in [0.4, 0.5) is 4.79 Å². The minimum Gasteiger partial charge on any atom is -0.396 e. The van der Waals surface area contributed by atoms with Crippen molar-refractivity contribution in [2.45, 2.75) is 25.8 Å². The van der Waals surface area contributed by atoms with Gasteiger partial charge in [0.15, 0.2) is 0 Å². The normalized spacial score (nSPS) is 23.0. The number of carbonyl (C=O) groups excluding carboxylic acids is 1. The number of urea groups is 1. The van der Waals surface area contributed by atoms with Crippen molar-refractivity contribution in [1.82, 2.24) is 10.2 Å². The fraction of sp³-hybridized carbons (Fsp3) is 0.875. The first-order chi connectivity index (χ1) is 5.75. The molecule has 1 rings (SSSR count). The van der Waals surface area contributed by atoms with Gasteiger partial charge in [-0.3, -0.25) is 0 Å². The molecule has 0 aromatic heterocycles. The molecule has 12 heavy (non-hydrogen) atoms. The van der Waals surface area contributed by atoms with Crippen LogP contribution in [0.5, 0.6) is 0 Å². The standard InChI is InChI=1S/C8H16N2O2/c1-7-6-9-8(12)10(7)4-2-3-5-11/h7,11H,2-6H2,1H3,(H,9,12). The fourth-order valence-corrected chi connectivity index (χ4v) is 1.36. The van der Waals surface area contributed by atoms with Crippen LogP contribution in [0.1, 0.15) is 19.8 Å². The van der Waals surface area contributed by atoms with E-state index in [4.69, 9.17) is 5.11 Å². The molecule has 1 fully saturated rings. The van der Waals surface area contributed by atoms with Crippen molar-refractivity contribution < 1.29 is 9.90 Å². The maximum atomic E-state index is 11.1. The second kappa shape index (κ2) is 4.30. The lowest BCUT2D eigenvalue weighted by Crippen LogP contribution is -2.33. The molecule has 4 heteroatoms. The predicted molar refractivity (Wildman–Crippen MR) is 45.9 cm³/mol. The summed E-state index contributed by atoms with van der Waals surface area (Å²) in [6.45, 7) is 3.74. The van der Waals surface area contributed by atoms with Crippen LogP contribution >= 0.6 is 0 Å². The van der Waals surface area contributed by atoms with Crippen molar-refractivity contribution in [2.75, 3.05) is 19.7 Å². The van der Waals surface area contributed by atoms with Gasteiger partial charge >= 0.3 is 6.03 Å². The van der Waals surface area contributed by atoms with E-state index in [1.54, 1.807) is 0 Å². The summed E-state index contributed by atoms with van der Waals surface area (Å²) in [4.78, 5) is 12.9. The molecule has 0 radical (unpaired) electrons. The Kier molecular flexibility index (Phi) is 3.34. The fourth-order valence-electron chi connectivity index (χ4n) is 1.36. The molecular weight excluding hydrogens is 156 g/mol. The summed E-state index contributed by atoms with van der Waals surface area (Å²) in [7, 11) is 0. The van der Waals surface area contributed by atoms with E-state index in [-0.39, 0.29) is 12.6 Å². The third-order valence-corrected chi connectivity index (χ3v) is 2.15. The van der Waals surface area contributed by atoms with Crippen LogP contribution in [-0.2, 0) is 0 Å². The number of unbranched alkanes of at least 4 members (excludes halogenated alkanes) is 1. The highest BCUT2D eigenvalue weighted by Gasteiger charge is 2.25. The van der Waals surface area contributed by atoms with Gasteiger partial charge in [0.1, 0.15) is 0 Å². The van der Waals surface area contributed by atoms with Crippen molar-refractivity contribution in [3.05, 3.63) is 0 Å². The van der Waals surface area contributed by atoms with Crippen molar-refractivity contribution in [3.8, 4) is 0 Å². The molecule has 1 heterocycles. The Balaban J connectivity index is 2.25. The molecular formula is C8H16N2O2. The summed E-state index contributed by atoms with van der Waals surface area (Å²) in [5.74, 6) is 0. The molecule has 2 amide bonds. The van der Waals surface area contributed by atoms with Gasteiger partial charge in [0.25, 0.3) is 0 Å². The van der Waals surface area contributed by atoms with E-state index in [0.717, 1.165) is 25.9 Å². The van der Waals surface area contributed by atoms with Crippen LogP contribution in [0.15, 0.2) is 0 Å². The van der Waals surface area contributed by atoms with Crippen molar-refractivity contribution >= 4 is 6.03 Å². The number of aliphatic hydroxyl groups excluding tert-OH is 1. The second-order valence-electron chi connectivity index (χ2n) is 3.16. The van der Waals surface area contributed by atoms with Crippen molar-refractivity contribution in [1.29, 1.82) is 0 Å². The third-order valence-electron chi connectivity index (χ3n) is 2.15. The minimum atomic E-state index is 0.0282. The Morgan fingerprint density at radius 1 is 1.67 bits per heavy atom. The maximum Gasteiger partial charge on any atom is 0.317 e. The Labute approximate surface area is 72.6 Å². The monoisotopic (exact) mass is 172 g/mol. The first-order valence-electron chi connectivity index (χ1n) is 4.41. The number of hydrogen-bond acceptors (Lipinski definition) is 2. The molecule has 1 atom stereocenters. The van der Waals surface area contributed by atoms with Gasteiger partial charge in [0.05, 0.1) is 0 Å². The van der Waals surface area contributed by atoms with E-state index in [1.165, 1.54) is 0 Å². The smallest absolute Gasteiger partial charge is 0.317 e. The summed E-state index contributed by atoms with van der Waals surface area (Å²) in [5.41, 5.74) is 0. The number of rotatable bonds is 4. The highest BCUT2D eigenvalue weighted by atomic mass is 16.3. The van der Waals surface area contributed by atoms with Crippen LogP contribution in [0.2, 0.25) is 0 Å². The van der Waals surface area contributed by atoms with E-state index < -0.39 is 0 Å². The van der Waals surface area contributed by atoms with Crippen LogP contribution in [0.25, 0.3) is 0 Å². The Morgan fingerprint density at radius 2 is 2.42 bits per heavy atom. The van der Waals surface area contributed by atoms with Crippen LogP contribution in [0.3, 0.4) is 0 Å². The molecule has 0 aromatic carbocycles. The van der Waals surface area contributed by atoms with Gasteiger partial charge in [-0.25, -0.2) is 4.79 Å². The zero-order chi connectivity index (χ0) is 8.97. The Hall–Kier alpha value is -0.770. The first kappa shape index (κ1) is 9.32. The number of nitrogens with one attached hydrogen (secondary N) is 1. The summed E-state index contributed by atoms with van der Waals surface area (Å²) >= 11 is 0. The molecule has 0 spiro atoms. The van der Waals surface area contributed by atoms with E-state index in [1.807, 2.05) is 11.8 Å². The van der Waals surface area contributed by atoms with Gasteiger partial charge in [-0.2, -0.15) is 0 Å². The van der Waals surface area contributed by atoms with Gasteiger partial charge < -0.3 is 15.3 Å². The van der Waals surface area contributed by atoms with Crippen LogP contribution < -0.4 is 5.32 Å². The molecule has 1 saturated heterocycles. The van der Waals surface area contributed by atoms with Crippen LogP contribution in [-0.4, -0.2) is 41.8 Å². The van der Waals surface area contributed by atoms with Crippen LogP contribution in [0, 0.1) is 0 Å². The Morgan fingerprint density at radius 3 is 2.92 bits per heavy atom. The first-order valence-corrected chi connectivity index (χ1v) is 4.41.